The Hall–Kier alpha value is -2.90. The summed E-state index contributed by atoms with van der Waals surface area (Å²) in [6.07, 6.45) is 7.79. The molecule has 0 bridgehead atoms. The molecule has 7 nitrogen and oxygen atoms in total. The summed E-state index contributed by atoms with van der Waals surface area (Å²) < 4.78 is 5.98. The number of carbonyl (C=O) groups is 1. The first kappa shape index (κ1) is 23.8. The number of ether oxygens (including phenoxy) is 1. The lowest BCUT2D eigenvalue weighted by atomic mass is 9.90. The summed E-state index contributed by atoms with van der Waals surface area (Å²) in [5.74, 6) is 0.613. The molecule has 3 aliphatic rings. The summed E-state index contributed by atoms with van der Waals surface area (Å²) in [5, 5.41) is 6.49. The summed E-state index contributed by atoms with van der Waals surface area (Å²) in [5.41, 5.74) is 5.10. The highest BCUT2D eigenvalue weighted by Gasteiger charge is 2.21. The van der Waals surface area contributed by atoms with Crippen LogP contribution in [0.15, 0.2) is 47.5 Å². The number of aliphatic imine (C=N–C) groups is 1. The van der Waals surface area contributed by atoms with Crippen molar-refractivity contribution in [3.63, 3.8) is 0 Å². The SMILES string of the molecule is CN1CCN(CC(=O)Nc2ccc3c(c2)COC(Nc2ccccc2C2CCCCCC2)=N3)CC1. The number of nitrogens with one attached hydrogen (secondary N) is 2. The van der Waals surface area contributed by atoms with E-state index in [9.17, 15) is 4.79 Å². The molecule has 2 fully saturated rings. The minimum absolute atomic E-state index is 0.0206. The average molecular weight is 476 g/mol. The topological polar surface area (TPSA) is 69.2 Å². The summed E-state index contributed by atoms with van der Waals surface area (Å²) >= 11 is 0. The Labute approximate surface area is 208 Å². The predicted molar refractivity (Wildman–Crippen MR) is 141 cm³/mol. The summed E-state index contributed by atoms with van der Waals surface area (Å²) in [7, 11) is 2.12. The Morgan fingerprint density at radius 1 is 1.03 bits per heavy atom. The highest BCUT2D eigenvalue weighted by Crippen LogP contribution is 2.36. The van der Waals surface area contributed by atoms with Crippen molar-refractivity contribution < 1.29 is 9.53 Å². The minimum atomic E-state index is 0.0206. The van der Waals surface area contributed by atoms with Gasteiger partial charge in [-0.05, 0) is 55.6 Å². The number of amides is 1. The Balaban J connectivity index is 1.22. The van der Waals surface area contributed by atoms with Crippen LogP contribution < -0.4 is 10.6 Å². The number of nitrogens with zero attached hydrogens (tertiary/aromatic N) is 3. The third kappa shape index (κ3) is 6.21. The van der Waals surface area contributed by atoms with Crippen molar-refractivity contribution in [3.8, 4) is 0 Å². The maximum atomic E-state index is 12.5. The van der Waals surface area contributed by atoms with Gasteiger partial charge in [0.05, 0.1) is 12.2 Å². The maximum absolute atomic E-state index is 12.5. The van der Waals surface area contributed by atoms with Crippen LogP contribution in [0.25, 0.3) is 0 Å². The second-order valence-electron chi connectivity index (χ2n) is 10.1. The van der Waals surface area contributed by atoms with Crippen LogP contribution >= 0.6 is 0 Å². The van der Waals surface area contributed by atoms with E-state index >= 15 is 0 Å². The van der Waals surface area contributed by atoms with Crippen LogP contribution in [0.5, 0.6) is 0 Å². The molecule has 35 heavy (non-hydrogen) atoms. The van der Waals surface area contributed by atoms with E-state index in [4.69, 9.17) is 9.73 Å². The van der Waals surface area contributed by atoms with Gasteiger partial charge in [-0.1, -0.05) is 43.9 Å². The van der Waals surface area contributed by atoms with Gasteiger partial charge in [0.2, 0.25) is 5.91 Å². The van der Waals surface area contributed by atoms with Gasteiger partial charge in [0, 0.05) is 43.1 Å². The Morgan fingerprint density at radius 3 is 2.60 bits per heavy atom. The normalized spacial score (nSPS) is 19.7. The van der Waals surface area contributed by atoms with E-state index in [1.807, 2.05) is 18.2 Å². The van der Waals surface area contributed by atoms with Gasteiger partial charge in [0.25, 0.3) is 6.02 Å². The molecular weight excluding hydrogens is 438 g/mol. The number of anilines is 2. The molecule has 2 aromatic rings. The van der Waals surface area contributed by atoms with Gasteiger partial charge in [-0.2, -0.15) is 4.99 Å². The molecule has 0 aromatic heterocycles. The van der Waals surface area contributed by atoms with Crippen LogP contribution in [0.4, 0.5) is 17.1 Å². The largest absolute Gasteiger partial charge is 0.460 e. The van der Waals surface area contributed by atoms with Gasteiger partial charge in [-0.15, -0.1) is 0 Å². The molecule has 2 N–H and O–H groups in total. The fourth-order valence-electron chi connectivity index (χ4n) is 5.32. The van der Waals surface area contributed by atoms with E-state index in [2.05, 4.69) is 51.7 Å². The number of likely N-dealkylation sites (N-methyl/N-ethyl adjacent to an activating group) is 1. The number of rotatable bonds is 5. The molecule has 186 valence electrons. The molecule has 1 saturated carbocycles. The highest BCUT2D eigenvalue weighted by molar-refractivity contribution is 5.94. The van der Waals surface area contributed by atoms with Crippen molar-refractivity contribution in [1.29, 1.82) is 0 Å². The lowest BCUT2D eigenvalue weighted by Crippen LogP contribution is -2.47. The molecule has 7 heteroatoms. The molecule has 2 aliphatic heterocycles. The van der Waals surface area contributed by atoms with Gasteiger partial charge in [-0.3, -0.25) is 9.69 Å². The maximum Gasteiger partial charge on any atom is 0.294 e. The Kier molecular flexibility index (Phi) is 7.64. The number of benzene rings is 2. The van der Waals surface area contributed by atoms with E-state index in [1.54, 1.807) is 0 Å². The molecule has 1 aliphatic carbocycles. The Bertz CT molecular complexity index is 1050. The number of amidine groups is 1. The van der Waals surface area contributed by atoms with E-state index < -0.39 is 0 Å². The second-order valence-corrected chi connectivity index (χ2v) is 10.1. The third-order valence-electron chi connectivity index (χ3n) is 7.41. The van der Waals surface area contributed by atoms with Gasteiger partial charge in [-0.25, -0.2) is 0 Å². The van der Waals surface area contributed by atoms with Crippen molar-refractivity contribution in [3.05, 3.63) is 53.6 Å². The highest BCUT2D eigenvalue weighted by atomic mass is 16.5. The summed E-state index contributed by atoms with van der Waals surface area (Å²) in [4.78, 5) is 21.7. The zero-order valence-electron chi connectivity index (χ0n) is 20.8. The molecule has 0 spiro atoms. The van der Waals surface area contributed by atoms with Gasteiger partial charge >= 0.3 is 0 Å². The fourth-order valence-corrected chi connectivity index (χ4v) is 5.32. The van der Waals surface area contributed by atoms with Gasteiger partial charge in [0.15, 0.2) is 0 Å². The van der Waals surface area contributed by atoms with Crippen molar-refractivity contribution >= 4 is 29.0 Å². The van der Waals surface area contributed by atoms with E-state index in [0.29, 0.717) is 25.1 Å². The Morgan fingerprint density at radius 2 is 1.80 bits per heavy atom. The molecular formula is C28H37N5O2. The quantitative estimate of drug-likeness (QED) is 0.600. The van der Waals surface area contributed by atoms with Crippen LogP contribution in [0.2, 0.25) is 0 Å². The number of fused-ring (bicyclic) bond motifs is 1. The number of carbonyl (C=O) groups excluding carboxylic acids is 1. The van der Waals surface area contributed by atoms with Gasteiger partial charge in [0.1, 0.15) is 6.61 Å². The number of hydrogen-bond acceptors (Lipinski definition) is 6. The molecule has 0 atom stereocenters. The van der Waals surface area contributed by atoms with Crippen molar-refractivity contribution in [2.75, 3.05) is 50.4 Å². The first-order valence-corrected chi connectivity index (χ1v) is 13.1. The van der Waals surface area contributed by atoms with Crippen LogP contribution in [0, 0.1) is 0 Å². The first-order valence-electron chi connectivity index (χ1n) is 13.1. The fraction of sp³-hybridized carbons (Fsp3) is 0.500. The zero-order chi connectivity index (χ0) is 24.0. The summed E-state index contributed by atoms with van der Waals surface area (Å²) in [6, 6.07) is 14.9. The van der Waals surface area contributed by atoms with Crippen LogP contribution in [0.3, 0.4) is 0 Å². The smallest absolute Gasteiger partial charge is 0.294 e. The second kappa shape index (κ2) is 11.2. The van der Waals surface area contributed by atoms with E-state index in [0.717, 1.165) is 48.8 Å². The molecule has 1 saturated heterocycles. The van der Waals surface area contributed by atoms with Gasteiger partial charge < -0.3 is 20.3 Å². The van der Waals surface area contributed by atoms with Crippen LogP contribution in [-0.2, 0) is 16.1 Å². The van der Waals surface area contributed by atoms with Crippen molar-refractivity contribution in [1.82, 2.24) is 9.80 Å². The third-order valence-corrected chi connectivity index (χ3v) is 7.41. The van der Waals surface area contributed by atoms with E-state index in [-0.39, 0.29) is 5.91 Å². The zero-order valence-corrected chi connectivity index (χ0v) is 20.8. The molecule has 0 unspecified atom stereocenters. The standard InChI is InChI=1S/C28H37N5O2/c1-32-14-16-33(17-15-32)19-27(34)29-23-12-13-25-22(18-23)20-35-28(30-25)31-26-11-7-6-10-24(26)21-8-4-2-3-5-9-21/h6-7,10-13,18,21H,2-5,8-9,14-17,19-20H2,1H3,(H,29,34)(H,30,31). The van der Waals surface area contributed by atoms with E-state index in [1.165, 1.54) is 44.1 Å². The molecule has 2 aromatic carbocycles. The summed E-state index contributed by atoms with van der Waals surface area (Å²) in [6.45, 7) is 4.71. The van der Waals surface area contributed by atoms with Crippen molar-refractivity contribution in [2.24, 2.45) is 4.99 Å². The lowest BCUT2D eigenvalue weighted by molar-refractivity contribution is -0.117. The molecule has 5 rings (SSSR count). The number of para-hydroxylation sites is 1. The number of piperazine rings is 1. The first-order chi connectivity index (χ1) is 17.1. The molecule has 0 radical (unpaired) electrons. The number of hydrogen-bond donors (Lipinski definition) is 2. The average Bonchev–Trinajstić information content (AvgIpc) is 3.15. The van der Waals surface area contributed by atoms with Crippen LogP contribution in [0.1, 0.15) is 55.6 Å². The van der Waals surface area contributed by atoms with Crippen molar-refractivity contribution in [2.45, 2.75) is 51.0 Å². The minimum Gasteiger partial charge on any atom is -0.460 e. The lowest BCUT2D eigenvalue weighted by Gasteiger charge is -2.31. The molecule has 2 heterocycles. The van der Waals surface area contributed by atoms with Crippen LogP contribution in [-0.4, -0.2) is 61.5 Å². The predicted octanol–water partition coefficient (Wildman–Crippen LogP) is 4.94. The molecule has 1 amide bonds. The monoisotopic (exact) mass is 475 g/mol.